The molecule has 2 aliphatic heterocycles. The molecule has 0 unspecified atom stereocenters. The minimum absolute atomic E-state index is 0. The average Bonchev–Trinajstić information content (AvgIpc) is 2.61. The summed E-state index contributed by atoms with van der Waals surface area (Å²) in [6.07, 6.45) is 2.26. The van der Waals surface area contributed by atoms with E-state index in [1.807, 2.05) is 0 Å². The normalized spacial score (nSPS) is 17.6. The third kappa shape index (κ3) is 3.09. The van der Waals surface area contributed by atoms with Crippen molar-refractivity contribution < 1.29 is 4.74 Å². The number of anilines is 1. The van der Waals surface area contributed by atoms with Crippen LogP contribution < -0.4 is 15.0 Å². The second kappa shape index (κ2) is 6.49. The lowest BCUT2D eigenvalue weighted by Gasteiger charge is -2.33. The van der Waals surface area contributed by atoms with Gasteiger partial charge in [0.2, 0.25) is 0 Å². The van der Waals surface area contributed by atoms with Crippen molar-refractivity contribution in [3.63, 3.8) is 0 Å². The van der Waals surface area contributed by atoms with E-state index in [1.54, 1.807) is 0 Å². The molecule has 0 amide bonds. The summed E-state index contributed by atoms with van der Waals surface area (Å²) in [5.74, 6) is 1.78. The highest BCUT2D eigenvalue weighted by molar-refractivity contribution is 5.63. The van der Waals surface area contributed by atoms with Gasteiger partial charge in [-0.25, -0.2) is 0 Å². The van der Waals surface area contributed by atoms with Crippen LogP contribution in [-0.2, 0) is 12.8 Å². The molecule has 0 spiro atoms. The minimum atomic E-state index is 0. The highest BCUT2D eigenvalue weighted by Crippen LogP contribution is 2.35. The number of nitrogens with one attached hydrogen (secondary N) is 1. The maximum absolute atomic E-state index is 5.88. The molecule has 0 aliphatic carbocycles. The molecule has 0 saturated carbocycles. The molecule has 1 aromatic rings. The molecule has 1 N–H and O–H groups in total. The molecule has 20 heavy (non-hydrogen) atoms. The monoisotopic (exact) mass is 276 g/mol. The van der Waals surface area contributed by atoms with E-state index in [-0.39, 0.29) is 7.43 Å². The molecule has 0 bridgehead atoms. The van der Waals surface area contributed by atoms with Crippen molar-refractivity contribution in [1.29, 1.82) is 0 Å². The van der Waals surface area contributed by atoms with Crippen LogP contribution in [0.25, 0.3) is 0 Å². The fraction of sp³-hybridized carbons (Fsp3) is 0.647. The van der Waals surface area contributed by atoms with Crippen LogP contribution in [0.4, 0.5) is 5.69 Å². The van der Waals surface area contributed by atoms with Gasteiger partial charge in [0.15, 0.2) is 0 Å². The molecule has 1 aromatic carbocycles. The van der Waals surface area contributed by atoms with Gasteiger partial charge in [-0.1, -0.05) is 21.3 Å². The van der Waals surface area contributed by atoms with Gasteiger partial charge in [0.1, 0.15) is 12.4 Å². The Morgan fingerprint density at radius 2 is 1.90 bits per heavy atom. The maximum Gasteiger partial charge on any atom is 0.142 e. The number of rotatable bonds is 2. The Labute approximate surface area is 123 Å². The van der Waals surface area contributed by atoms with Gasteiger partial charge in [-0.3, -0.25) is 0 Å². The summed E-state index contributed by atoms with van der Waals surface area (Å²) in [6, 6.07) is 4.66. The lowest BCUT2D eigenvalue weighted by atomic mass is 10.00. The zero-order valence-electron chi connectivity index (χ0n) is 12.0. The van der Waals surface area contributed by atoms with Gasteiger partial charge in [0, 0.05) is 6.54 Å². The van der Waals surface area contributed by atoms with E-state index in [4.69, 9.17) is 4.74 Å². The van der Waals surface area contributed by atoms with Crippen LogP contribution >= 0.6 is 0 Å². The summed E-state index contributed by atoms with van der Waals surface area (Å²) in [6.45, 7) is 9.69. The number of benzene rings is 1. The lowest BCUT2D eigenvalue weighted by molar-refractivity contribution is 0.304. The summed E-state index contributed by atoms with van der Waals surface area (Å²) in [4.78, 5) is 2.49. The molecule has 0 radical (unpaired) electrons. The van der Waals surface area contributed by atoms with Crippen molar-refractivity contribution in [2.24, 2.45) is 5.92 Å². The third-order valence-corrected chi connectivity index (χ3v) is 3.97. The molecule has 0 fully saturated rings. The second-order valence-corrected chi connectivity index (χ2v) is 6.03. The van der Waals surface area contributed by atoms with E-state index < -0.39 is 0 Å². The molecule has 0 saturated heterocycles. The van der Waals surface area contributed by atoms with Crippen molar-refractivity contribution in [2.75, 3.05) is 37.7 Å². The van der Waals surface area contributed by atoms with Crippen molar-refractivity contribution >= 4 is 5.69 Å². The van der Waals surface area contributed by atoms with Crippen LogP contribution in [0.3, 0.4) is 0 Å². The highest BCUT2D eigenvalue weighted by atomic mass is 16.5. The summed E-state index contributed by atoms with van der Waals surface area (Å²) >= 11 is 0. The molecule has 0 aromatic heterocycles. The van der Waals surface area contributed by atoms with E-state index >= 15 is 0 Å². The predicted molar refractivity (Wildman–Crippen MR) is 86.0 cm³/mol. The molecule has 112 valence electrons. The zero-order chi connectivity index (χ0) is 13.2. The summed E-state index contributed by atoms with van der Waals surface area (Å²) in [5.41, 5.74) is 4.28. The molecule has 3 rings (SSSR count). The van der Waals surface area contributed by atoms with Crippen LogP contribution in [0.1, 0.15) is 32.4 Å². The smallest absolute Gasteiger partial charge is 0.142 e. The zero-order valence-corrected chi connectivity index (χ0v) is 12.0. The van der Waals surface area contributed by atoms with Gasteiger partial charge >= 0.3 is 0 Å². The van der Waals surface area contributed by atoms with Crippen LogP contribution in [0.15, 0.2) is 12.1 Å². The molecule has 3 nitrogen and oxygen atoms in total. The van der Waals surface area contributed by atoms with Crippen LogP contribution in [0, 0.1) is 5.92 Å². The maximum atomic E-state index is 5.88. The number of ether oxygens (including phenoxy) is 1. The number of hydrogen-bond donors (Lipinski definition) is 1. The highest BCUT2D eigenvalue weighted by Gasteiger charge is 2.21. The van der Waals surface area contributed by atoms with Gasteiger partial charge in [0.05, 0.1) is 12.2 Å². The summed E-state index contributed by atoms with van der Waals surface area (Å²) in [7, 11) is 0. The average molecular weight is 276 g/mol. The third-order valence-electron chi connectivity index (χ3n) is 3.97. The SMILES string of the molecule is C.CC(C)CN1CCOc2cc3c(cc21)CCNCC3. The van der Waals surface area contributed by atoms with Gasteiger partial charge in [-0.05, 0) is 55.1 Å². The Morgan fingerprint density at radius 1 is 1.20 bits per heavy atom. The van der Waals surface area contributed by atoms with Crippen molar-refractivity contribution in [1.82, 2.24) is 5.32 Å². The largest absolute Gasteiger partial charge is 0.490 e. The fourth-order valence-electron chi connectivity index (χ4n) is 3.07. The van der Waals surface area contributed by atoms with Crippen LogP contribution in [0.5, 0.6) is 5.75 Å². The Hall–Kier alpha value is -1.22. The first-order chi connectivity index (χ1) is 9.24. The first-order valence-corrected chi connectivity index (χ1v) is 7.48. The predicted octanol–water partition coefficient (Wildman–Crippen LogP) is 2.87. The standard InChI is InChI=1S/C16H24N2O.CH4/c1-12(2)11-18-7-8-19-16-10-14-4-6-17-5-3-13(14)9-15(16)18;/h9-10,12,17H,3-8,11H2,1-2H3;1H4. The van der Waals surface area contributed by atoms with E-state index in [1.165, 1.54) is 16.8 Å². The lowest BCUT2D eigenvalue weighted by Crippen LogP contribution is -2.35. The number of nitrogens with zero attached hydrogens (tertiary/aromatic N) is 1. The molecule has 2 aliphatic rings. The van der Waals surface area contributed by atoms with Crippen molar-refractivity contribution in [2.45, 2.75) is 34.1 Å². The van der Waals surface area contributed by atoms with Crippen molar-refractivity contribution in [3.8, 4) is 5.75 Å². The van der Waals surface area contributed by atoms with Crippen molar-refractivity contribution in [3.05, 3.63) is 23.3 Å². The van der Waals surface area contributed by atoms with Gasteiger partial charge in [-0.15, -0.1) is 0 Å². The van der Waals surface area contributed by atoms with E-state index in [2.05, 4.69) is 36.2 Å². The molecular weight excluding hydrogens is 248 g/mol. The Morgan fingerprint density at radius 3 is 2.60 bits per heavy atom. The Kier molecular flexibility index (Phi) is 4.92. The first kappa shape index (κ1) is 15.2. The van der Waals surface area contributed by atoms with Gasteiger partial charge < -0.3 is 15.0 Å². The Balaban J connectivity index is 0.00000147. The topological polar surface area (TPSA) is 24.5 Å². The van der Waals surface area contributed by atoms with Gasteiger partial charge in [0.25, 0.3) is 0 Å². The Bertz CT molecular complexity index is 457. The molecular formula is C17H28N2O. The number of hydrogen-bond acceptors (Lipinski definition) is 3. The minimum Gasteiger partial charge on any atom is -0.490 e. The van der Waals surface area contributed by atoms with E-state index in [9.17, 15) is 0 Å². The summed E-state index contributed by atoms with van der Waals surface area (Å²) in [5, 5.41) is 3.47. The van der Waals surface area contributed by atoms with E-state index in [0.717, 1.165) is 51.4 Å². The quantitative estimate of drug-likeness (QED) is 0.899. The molecule has 0 atom stereocenters. The number of fused-ring (bicyclic) bond motifs is 2. The van der Waals surface area contributed by atoms with Crippen LogP contribution in [-0.4, -0.2) is 32.8 Å². The van der Waals surface area contributed by atoms with E-state index in [0.29, 0.717) is 5.92 Å². The molecule has 2 heterocycles. The van der Waals surface area contributed by atoms with Crippen LogP contribution in [0.2, 0.25) is 0 Å². The summed E-state index contributed by atoms with van der Waals surface area (Å²) < 4.78 is 5.88. The van der Waals surface area contributed by atoms with Gasteiger partial charge in [-0.2, -0.15) is 0 Å². The first-order valence-electron chi connectivity index (χ1n) is 7.48. The fourth-order valence-corrected chi connectivity index (χ4v) is 3.07. The second-order valence-electron chi connectivity index (χ2n) is 6.03. The molecule has 3 heteroatoms.